The SMILES string of the molecule is COCc1cc(CNC(=O)C(C)CN)ccc1F. The van der Waals surface area contributed by atoms with E-state index >= 15 is 0 Å². The predicted octanol–water partition coefficient (Wildman–Crippen LogP) is 1.18. The summed E-state index contributed by atoms with van der Waals surface area (Å²) in [5.74, 6) is -0.624. The predicted molar refractivity (Wildman–Crippen MR) is 67.2 cm³/mol. The van der Waals surface area contributed by atoms with Crippen LogP contribution in [-0.4, -0.2) is 19.6 Å². The van der Waals surface area contributed by atoms with Crippen molar-refractivity contribution in [3.05, 3.63) is 35.1 Å². The summed E-state index contributed by atoms with van der Waals surface area (Å²) in [4.78, 5) is 11.5. The Balaban J connectivity index is 2.62. The van der Waals surface area contributed by atoms with Crippen LogP contribution in [-0.2, 0) is 22.7 Å². The molecule has 0 bridgehead atoms. The summed E-state index contributed by atoms with van der Waals surface area (Å²) in [5.41, 5.74) is 6.72. The van der Waals surface area contributed by atoms with Gasteiger partial charge in [0, 0.05) is 31.7 Å². The molecule has 3 N–H and O–H groups in total. The molecule has 0 aromatic heterocycles. The van der Waals surface area contributed by atoms with E-state index < -0.39 is 0 Å². The smallest absolute Gasteiger partial charge is 0.224 e. The van der Waals surface area contributed by atoms with Crippen LogP contribution in [0.2, 0.25) is 0 Å². The number of carbonyl (C=O) groups excluding carboxylic acids is 1. The highest BCUT2D eigenvalue weighted by atomic mass is 19.1. The first-order valence-electron chi connectivity index (χ1n) is 5.82. The normalized spacial score (nSPS) is 12.2. The second-order valence-electron chi connectivity index (χ2n) is 4.21. The summed E-state index contributed by atoms with van der Waals surface area (Å²) < 4.78 is 18.3. The number of hydrogen-bond donors (Lipinski definition) is 2. The van der Waals surface area contributed by atoms with Crippen LogP contribution < -0.4 is 11.1 Å². The Hall–Kier alpha value is -1.46. The molecule has 0 aliphatic carbocycles. The lowest BCUT2D eigenvalue weighted by molar-refractivity contribution is -0.124. The molecule has 0 radical (unpaired) electrons. The monoisotopic (exact) mass is 254 g/mol. The van der Waals surface area contributed by atoms with Crippen molar-refractivity contribution in [2.45, 2.75) is 20.1 Å². The Morgan fingerprint density at radius 2 is 2.28 bits per heavy atom. The Bertz CT molecular complexity index is 410. The highest BCUT2D eigenvalue weighted by Crippen LogP contribution is 2.11. The lowest BCUT2D eigenvalue weighted by Gasteiger charge is -2.11. The average Bonchev–Trinajstić information content (AvgIpc) is 2.38. The van der Waals surface area contributed by atoms with E-state index in [1.807, 2.05) is 0 Å². The number of amides is 1. The first-order valence-corrected chi connectivity index (χ1v) is 5.82. The Morgan fingerprint density at radius 3 is 2.89 bits per heavy atom. The van der Waals surface area contributed by atoms with Crippen molar-refractivity contribution >= 4 is 5.91 Å². The van der Waals surface area contributed by atoms with E-state index in [1.165, 1.54) is 13.2 Å². The van der Waals surface area contributed by atoms with Crippen LogP contribution in [0.3, 0.4) is 0 Å². The van der Waals surface area contributed by atoms with Crippen LogP contribution in [0.5, 0.6) is 0 Å². The third-order valence-corrected chi connectivity index (χ3v) is 2.68. The summed E-state index contributed by atoms with van der Waals surface area (Å²) in [6.07, 6.45) is 0. The van der Waals surface area contributed by atoms with E-state index in [0.717, 1.165) is 5.56 Å². The van der Waals surface area contributed by atoms with Crippen molar-refractivity contribution in [3.63, 3.8) is 0 Å². The molecule has 0 saturated carbocycles. The van der Waals surface area contributed by atoms with E-state index in [0.29, 0.717) is 18.7 Å². The van der Waals surface area contributed by atoms with Crippen LogP contribution in [0.1, 0.15) is 18.1 Å². The number of benzene rings is 1. The van der Waals surface area contributed by atoms with E-state index in [9.17, 15) is 9.18 Å². The van der Waals surface area contributed by atoms with E-state index in [4.69, 9.17) is 10.5 Å². The first-order chi connectivity index (χ1) is 8.58. The molecule has 5 heteroatoms. The molecule has 1 amide bonds. The van der Waals surface area contributed by atoms with Gasteiger partial charge in [-0.3, -0.25) is 4.79 Å². The van der Waals surface area contributed by atoms with Gasteiger partial charge in [-0.15, -0.1) is 0 Å². The number of halogens is 1. The van der Waals surface area contributed by atoms with Gasteiger partial charge in [0.05, 0.1) is 6.61 Å². The van der Waals surface area contributed by atoms with Crippen molar-refractivity contribution in [3.8, 4) is 0 Å². The maximum atomic E-state index is 13.4. The zero-order valence-corrected chi connectivity index (χ0v) is 10.7. The topological polar surface area (TPSA) is 64.3 Å². The van der Waals surface area contributed by atoms with Gasteiger partial charge in [-0.2, -0.15) is 0 Å². The van der Waals surface area contributed by atoms with E-state index in [-0.39, 0.29) is 24.2 Å². The summed E-state index contributed by atoms with van der Waals surface area (Å²) in [7, 11) is 1.51. The molecule has 0 aliphatic heterocycles. The van der Waals surface area contributed by atoms with Crippen molar-refractivity contribution < 1.29 is 13.9 Å². The number of ether oxygens (including phenoxy) is 1. The average molecular weight is 254 g/mol. The van der Waals surface area contributed by atoms with Gasteiger partial charge in [0.15, 0.2) is 0 Å². The molecule has 100 valence electrons. The van der Waals surface area contributed by atoms with Gasteiger partial charge in [0.1, 0.15) is 5.82 Å². The Kier molecular flexibility index (Phi) is 5.74. The molecule has 0 fully saturated rings. The van der Waals surface area contributed by atoms with Crippen molar-refractivity contribution in [2.75, 3.05) is 13.7 Å². The van der Waals surface area contributed by atoms with Crippen LogP contribution in [0.15, 0.2) is 18.2 Å². The van der Waals surface area contributed by atoms with Gasteiger partial charge in [0.25, 0.3) is 0 Å². The summed E-state index contributed by atoms with van der Waals surface area (Å²) in [6.45, 7) is 2.65. The molecule has 1 rings (SSSR count). The van der Waals surface area contributed by atoms with Gasteiger partial charge in [-0.25, -0.2) is 4.39 Å². The zero-order chi connectivity index (χ0) is 13.5. The Morgan fingerprint density at radius 1 is 1.56 bits per heavy atom. The maximum absolute atomic E-state index is 13.4. The minimum atomic E-state index is -0.303. The minimum Gasteiger partial charge on any atom is -0.380 e. The first kappa shape index (κ1) is 14.6. The molecule has 0 heterocycles. The quantitative estimate of drug-likeness (QED) is 0.801. The minimum absolute atomic E-state index is 0.102. The van der Waals surface area contributed by atoms with Crippen LogP contribution in [0.4, 0.5) is 4.39 Å². The number of rotatable bonds is 6. The van der Waals surface area contributed by atoms with Gasteiger partial charge in [-0.1, -0.05) is 13.0 Å². The van der Waals surface area contributed by atoms with Gasteiger partial charge in [-0.05, 0) is 17.7 Å². The van der Waals surface area contributed by atoms with Crippen molar-refractivity contribution in [1.29, 1.82) is 0 Å². The molecule has 0 spiro atoms. The molecule has 1 aromatic carbocycles. The molecule has 1 unspecified atom stereocenters. The zero-order valence-electron chi connectivity index (χ0n) is 10.7. The van der Waals surface area contributed by atoms with Crippen LogP contribution >= 0.6 is 0 Å². The van der Waals surface area contributed by atoms with Crippen molar-refractivity contribution in [2.24, 2.45) is 11.7 Å². The molecule has 0 aliphatic rings. The maximum Gasteiger partial charge on any atom is 0.224 e. The summed E-state index contributed by atoms with van der Waals surface area (Å²) in [5, 5.41) is 2.76. The van der Waals surface area contributed by atoms with Gasteiger partial charge < -0.3 is 15.8 Å². The molecule has 1 aromatic rings. The Labute approximate surface area is 106 Å². The number of carbonyl (C=O) groups is 1. The lowest BCUT2D eigenvalue weighted by atomic mass is 10.1. The number of hydrogen-bond acceptors (Lipinski definition) is 3. The third-order valence-electron chi connectivity index (χ3n) is 2.68. The number of nitrogens with one attached hydrogen (secondary N) is 1. The second kappa shape index (κ2) is 7.08. The highest BCUT2D eigenvalue weighted by Gasteiger charge is 2.10. The fourth-order valence-electron chi connectivity index (χ4n) is 1.47. The molecule has 18 heavy (non-hydrogen) atoms. The third kappa shape index (κ3) is 4.09. The summed E-state index contributed by atoms with van der Waals surface area (Å²) >= 11 is 0. The lowest BCUT2D eigenvalue weighted by Crippen LogP contribution is -2.32. The van der Waals surface area contributed by atoms with Crippen LogP contribution in [0, 0.1) is 11.7 Å². The van der Waals surface area contributed by atoms with Gasteiger partial charge >= 0.3 is 0 Å². The van der Waals surface area contributed by atoms with Crippen LogP contribution in [0.25, 0.3) is 0 Å². The molecule has 1 atom stereocenters. The van der Waals surface area contributed by atoms with E-state index in [2.05, 4.69) is 5.32 Å². The summed E-state index contributed by atoms with van der Waals surface area (Å²) in [6, 6.07) is 4.70. The second-order valence-corrected chi connectivity index (χ2v) is 4.21. The fraction of sp³-hybridized carbons (Fsp3) is 0.462. The molecule has 4 nitrogen and oxygen atoms in total. The number of methoxy groups -OCH3 is 1. The van der Waals surface area contributed by atoms with Gasteiger partial charge in [0.2, 0.25) is 5.91 Å². The molecular weight excluding hydrogens is 235 g/mol. The fourth-order valence-corrected chi connectivity index (χ4v) is 1.47. The van der Waals surface area contributed by atoms with E-state index in [1.54, 1.807) is 19.1 Å². The highest BCUT2D eigenvalue weighted by molar-refractivity contribution is 5.78. The van der Waals surface area contributed by atoms with Crippen molar-refractivity contribution in [1.82, 2.24) is 5.32 Å². The molecule has 0 saturated heterocycles. The standard InChI is InChI=1S/C13H19FN2O2/c1-9(6-15)13(17)16-7-10-3-4-12(14)11(5-10)8-18-2/h3-5,9H,6-8,15H2,1-2H3,(H,16,17). The number of nitrogens with two attached hydrogens (primary N) is 1. The largest absolute Gasteiger partial charge is 0.380 e. The molecular formula is C13H19FN2O2.